The zero-order valence-corrected chi connectivity index (χ0v) is 12.4. The third-order valence-corrected chi connectivity index (χ3v) is 4.41. The van der Waals surface area contributed by atoms with Crippen molar-refractivity contribution in [2.45, 2.75) is 5.75 Å². The number of carbonyl (C=O) groups excluding carboxylic acids is 1. The lowest BCUT2D eigenvalue weighted by molar-refractivity contribution is 0.263. The monoisotopic (exact) mass is 308 g/mol. The van der Waals surface area contributed by atoms with Gasteiger partial charge in [-0.2, -0.15) is 5.10 Å². The molecule has 0 radical (unpaired) electrons. The van der Waals surface area contributed by atoms with E-state index in [0.29, 0.717) is 11.6 Å². The Hall–Kier alpha value is -2.60. The molecule has 0 saturated heterocycles. The third kappa shape index (κ3) is 2.08. The number of aromatic nitrogens is 4. The van der Waals surface area contributed by atoms with Crippen LogP contribution in [0.25, 0.3) is 21.8 Å². The first-order valence-corrected chi connectivity index (χ1v) is 7.83. The number of benzene rings is 2. The van der Waals surface area contributed by atoms with Crippen molar-refractivity contribution in [1.29, 1.82) is 0 Å². The van der Waals surface area contributed by atoms with E-state index in [9.17, 15) is 4.79 Å². The van der Waals surface area contributed by atoms with E-state index in [-0.39, 0.29) is 5.24 Å². The van der Waals surface area contributed by atoms with Crippen molar-refractivity contribution in [1.82, 2.24) is 19.7 Å². The lowest BCUT2D eigenvalue weighted by atomic mass is 10.2. The largest absolute Gasteiger partial charge is 0.291 e. The summed E-state index contributed by atoms with van der Waals surface area (Å²) in [6.07, 6.45) is 1.45. The molecule has 0 atom stereocenters. The first kappa shape index (κ1) is 13.1. The first-order valence-electron chi connectivity index (χ1n) is 6.84. The van der Waals surface area contributed by atoms with Gasteiger partial charge in [0.05, 0.1) is 16.8 Å². The fourth-order valence-corrected chi connectivity index (χ4v) is 3.34. The van der Waals surface area contributed by atoms with E-state index in [4.69, 9.17) is 0 Å². The van der Waals surface area contributed by atoms with Gasteiger partial charge in [-0.25, -0.2) is 4.98 Å². The zero-order chi connectivity index (χ0) is 14.9. The van der Waals surface area contributed by atoms with Crippen LogP contribution in [-0.2, 0) is 5.75 Å². The van der Waals surface area contributed by atoms with Gasteiger partial charge in [0, 0.05) is 10.8 Å². The van der Waals surface area contributed by atoms with Crippen molar-refractivity contribution in [3.05, 3.63) is 60.7 Å². The number of rotatable bonds is 2. The maximum Gasteiger partial charge on any atom is 0.291 e. The predicted molar refractivity (Wildman–Crippen MR) is 87.9 cm³/mol. The molecule has 0 aliphatic heterocycles. The third-order valence-electron chi connectivity index (χ3n) is 3.56. The number of fused-ring (bicyclic) bond motifs is 3. The molecule has 4 aromatic rings. The van der Waals surface area contributed by atoms with E-state index in [1.165, 1.54) is 18.1 Å². The highest BCUT2D eigenvalue weighted by Crippen LogP contribution is 2.30. The van der Waals surface area contributed by atoms with E-state index < -0.39 is 0 Å². The summed E-state index contributed by atoms with van der Waals surface area (Å²) in [6.45, 7) is 0. The molecule has 0 aliphatic rings. The Balaban J connectivity index is 1.80. The molecule has 0 aliphatic carbocycles. The van der Waals surface area contributed by atoms with Gasteiger partial charge in [-0.3, -0.25) is 14.5 Å². The van der Waals surface area contributed by atoms with Crippen LogP contribution >= 0.6 is 11.8 Å². The molecule has 0 fully saturated rings. The standard InChI is InChI=1S/C16H12N4OS/c21-16(22-9-15-17-10-18-19-15)20-13-7-3-1-5-11(13)12-6-2-4-8-14(12)20/h1-8,10H,9H2,(H,17,18,19). The minimum Gasteiger partial charge on any atom is -0.271 e. The number of nitrogens with zero attached hydrogens (tertiary/aromatic N) is 3. The summed E-state index contributed by atoms with van der Waals surface area (Å²) in [7, 11) is 0. The molecule has 108 valence electrons. The average molecular weight is 308 g/mol. The summed E-state index contributed by atoms with van der Waals surface area (Å²) in [5.41, 5.74) is 1.86. The maximum atomic E-state index is 12.7. The van der Waals surface area contributed by atoms with Crippen LogP contribution in [0.1, 0.15) is 5.82 Å². The fourth-order valence-electron chi connectivity index (χ4n) is 2.61. The minimum absolute atomic E-state index is 0.0196. The molecule has 2 aromatic carbocycles. The summed E-state index contributed by atoms with van der Waals surface area (Å²) in [5, 5.41) is 8.72. The number of para-hydroxylation sites is 2. The smallest absolute Gasteiger partial charge is 0.271 e. The summed E-state index contributed by atoms with van der Waals surface area (Å²) in [6, 6.07) is 15.9. The Morgan fingerprint density at radius 2 is 1.68 bits per heavy atom. The molecule has 2 aromatic heterocycles. The zero-order valence-electron chi connectivity index (χ0n) is 11.6. The maximum absolute atomic E-state index is 12.7. The summed E-state index contributed by atoms with van der Waals surface area (Å²) < 4.78 is 1.77. The van der Waals surface area contributed by atoms with Crippen LogP contribution in [0.4, 0.5) is 4.79 Å². The van der Waals surface area contributed by atoms with Gasteiger partial charge in [-0.1, -0.05) is 48.2 Å². The Morgan fingerprint density at radius 3 is 2.27 bits per heavy atom. The van der Waals surface area contributed by atoms with Crippen LogP contribution in [0.3, 0.4) is 0 Å². The van der Waals surface area contributed by atoms with Crippen LogP contribution in [0, 0.1) is 0 Å². The Morgan fingerprint density at radius 1 is 1.05 bits per heavy atom. The number of nitrogens with one attached hydrogen (secondary N) is 1. The van der Waals surface area contributed by atoms with Crippen LogP contribution in [0.5, 0.6) is 0 Å². The van der Waals surface area contributed by atoms with E-state index in [1.807, 2.05) is 48.5 Å². The van der Waals surface area contributed by atoms with Gasteiger partial charge in [-0.05, 0) is 12.1 Å². The quantitative estimate of drug-likeness (QED) is 0.611. The SMILES string of the molecule is O=C(SCc1ncn[nH]1)n1c2ccccc2c2ccccc21. The van der Waals surface area contributed by atoms with Gasteiger partial charge in [0.2, 0.25) is 0 Å². The van der Waals surface area contributed by atoms with Gasteiger partial charge in [0.15, 0.2) is 0 Å². The second-order valence-corrected chi connectivity index (χ2v) is 5.78. The Labute approximate surface area is 130 Å². The number of thioether (sulfide) groups is 1. The average Bonchev–Trinajstić information content (AvgIpc) is 3.18. The van der Waals surface area contributed by atoms with Crippen LogP contribution in [0.2, 0.25) is 0 Å². The van der Waals surface area contributed by atoms with Gasteiger partial charge in [0.25, 0.3) is 5.24 Å². The molecule has 0 saturated carbocycles. The van der Waals surface area contributed by atoms with Gasteiger partial charge >= 0.3 is 0 Å². The summed E-state index contributed by atoms with van der Waals surface area (Å²) in [4.78, 5) is 16.7. The minimum atomic E-state index is -0.0196. The molecule has 0 unspecified atom stereocenters. The van der Waals surface area contributed by atoms with E-state index >= 15 is 0 Å². The van der Waals surface area contributed by atoms with Crippen molar-refractivity contribution in [2.75, 3.05) is 0 Å². The van der Waals surface area contributed by atoms with Crippen molar-refractivity contribution >= 4 is 38.8 Å². The first-order chi connectivity index (χ1) is 10.8. The molecule has 2 heterocycles. The second-order valence-electron chi connectivity index (χ2n) is 4.86. The normalized spacial score (nSPS) is 11.3. The molecule has 0 bridgehead atoms. The molecule has 4 rings (SSSR count). The van der Waals surface area contributed by atoms with Crippen LogP contribution in [-0.4, -0.2) is 25.0 Å². The van der Waals surface area contributed by atoms with Gasteiger partial charge in [0.1, 0.15) is 12.2 Å². The second kappa shape index (κ2) is 5.31. The highest BCUT2D eigenvalue weighted by molar-refractivity contribution is 8.12. The van der Waals surface area contributed by atoms with Crippen LogP contribution in [0.15, 0.2) is 54.9 Å². The molecule has 1 N–H and O–H groups in total. The van der Waals surface area contributed by atoms with Gasteiger partial charge in [-0.15, -0.1) is 0 Å². The molecular formula is C16H12N4OS. The van der Waals surface area contributed by atoms with E-state index in [1.54, 1.807) is 4.57 Å². The van der Waals surface area contributed by atoms with Crippen LogP contribution < -0.4 is 0 Å². The summed E-state index contributed by atoms with van der Waals surface area (Å²) in [5.74, 6) is 1.17. The molecule has 6 heteroatoms. The number of aromatic amines is 1. The molecule has 5 nitrogen and oxygen atoms in total. The number of hydrogen-bond donors (Lipinski definition) is 1. The summed E-state index contributed by atoms with van der Waals surface area (Å²) >= 11 is 1.21. The van der Waals surface area contributed by atoms with E-state index in [2.05, 4.69) is 15.2 Å². The highest BCUT2D eigenvalue weighted by Gasteiger charge is 2.16. The van der Waals surface area contributed by atoms with Gasteiger partial charge < -0.3 is 0 Å². The van der Waals surface area contributed by atoms with Crippen molar-refractivity contribution in [3.8, 4) is 0 Å². The number of carbonyl (C=O) groups is 1. The van der Waals surface area contributed by atoms with Crippen molar-refractivity contribution in [2.24, 2.45) is 0 Å². The highest BCUT2D eigenvalue weighted by atomic mass is 32.2. The molecule has 0 amide bonds. The van der Waals surface area contributed by atoms with Crippen molar-refractivity contribution < 1.29 is 4.79 Å². The molecule has 0 spiro atoms. The molecular weight excluding hydrogens is 296 g/mol. The fraction of sp³-hybridized carbons (Fsp3) is 0.0625. The van der Waals surface area contributed by atoms with Crippen molar-refractivity contribution in [3.63, 3.8) is 0 Å². The Kier molecular flexibility index (Phi) is 3.16. The topological polar surface area (TPSA) is 63.6 Å². The number of hydrogen-bond acceptors (Lipinski definition) is 4. The lowest BCUT2D eigenvalue weighted by Gasteiger charge is -2.04. The number of H-pyrrole nitrogens is 1. The predicted octanol–water partition coefficient (Wildman–Crippen LogP) is 3.81. The lowest BCUT2D eigenvalue weighted by Crippen LogP contribution is -2.05. The molecule has 22 heavy (non-hydrogen) atoms. The van der Waals surface area contributed by atoms with E-state index in [0.717, 1.165) is 21.8 Å². The Bertz CT molecular complexity index is 906.